The fraction of sp³-hybridized carbons (Fsp3) is 0.407. The Hall–Kier alpha value is -3.59. The van der Waals surface area contributed by atoms with Gasteiger partial charge in [-0.3, -0.25) is 14.3 Å². The van der Waals surface area contributed by atoms with Crippen molar-refractivity contribution in [2.45, 2.75) is 71.0 Å². The van der Waals surface area contributed by atoms with Gasteiger partial charge in [0.1, 0.15) is 5.82 Å². The van der Waals surface area contributed by atoms with Crippen LogP contribution in [0.5, 0.6) is 0 Å². The molecule has 9 nitrogen and oxygen atoms in total. The van der Waals surface area contributed by atoms with Crippen LogP contribution < -0.4 is 16.2 Å². The molecule has 10 heteroatoms. The molecule has 1 fully saturated rings. The average molecular weight is 526 g/mol. The molecule has 3 aromatic rings. The fourth-order valence-electron chi connectivity index (χ4n) is 5.03. The van der Waals surface area contributed by atoms with E-state index < -0.39 is 23.2 Å². The largest absolute Gasteiger partial charge is 0.465 e. The molecule has 1 heterocycles. The van der Waals surface area contributed by atoms with Crippen molar-refractivity contribution in [2.75, 3.05) is 5.32 Å². The number of urea groups is 1. The summed E-state index contributed by atoms with van der Waals surface area (Å²) in [6.07, 6.45) is 2.99. The summed E-state index contributed by atoms with van der Waals surface area (Å²) in [6.45, 7) is 7.05. The van der Waals surface area contributed by atoms with Crippen molar-refractivity contribution in [1.29, 1.82) is 0 Å². The lowest BCUT2D eigenvalue weighted by atomic mass is 10.0. The van der Waals surface area contributed by atoms with Crippen molar-refractivity contribution >= 4 is 40.3 Å². The number of aromatic nitrogens is 2. The van der Waals surface area contributed by atoms with Crippen LogP contribution in [0.3, 0.4) is 0 Å². The van der Waals surface area contributed by atoms with E-state index >= 15 is 0 Å². The third-order valence-corrected chi connectivity index (χ3v) is 6.93. The van der Waals surface area contributed by atoms with Gasteiger partial charge in [-0.1, -0.05) is 36.6 Å². The average Bonchev–Trinajstić information content (AvgIpc) is 3.30. The fourth-order valence-corrected chi connectivity index (χ4v) is 5.28. The second kappa shape index (κ2) is 10.4. The zero-order valence-electron chi connectivity index (χ0n) is 21.4. The first-order chi connectivity index (χ1) is 17.5. The van der Waals surface area contributed by atoms with Gasteiger partial charge in [-0.2, -0.15) is 0 Å². The molecule has 2 aromatic carbocycles. The number of hydrogen-bond donors (Lipinski definition) is 3. The van der Waals surface area contributed by atoms with Gasteiger partial charge in [-0.15, -0.1) is 0 Å². The van der Waals surface area contributed by atoms with Crippen LogP contribution in [0.1, 0.15) is 65.2 Å². The number of nitrogens with zero attached hydrogens (tertiary/aromatic N) is 3. The summed E-state index contributed by atoms with van der Waals surface area (Å²) in [7, 11) is 0. The zero-order valence-corrected chi connectivity index (χ0v) is 22.2. The molecule has 3 amide bonds. The van der Waals surface area contributed by atoms with Crippen molar-refractivity contribution in [2.24, 2.45) is 0 Å². The third kappa shape index (κ3) is 5.56. The van der Waals surface area contributed by atoms with E-state index in [1.165, 1.54) is 9.47 Å². The number of hydrogen-bond acceptors (Lipinski definition) is 4. The summed E-state index contributed by atoms with van der Waals surface area (Å²) in [4.78, 5) is 44.7. The van der Waals surface area contributed by atoms with E-state index in [0.717, 1.165) is 25.7 Å². The molecular formula is C27H32ClN5O4. The van der Waals surface area contributed by atoms with Crippen molar-refractivity contribution in [3.05, 3.63) is 63.7 Å². The number of rotatable bonds is 5. The second-order valence-corrected chi connectivity index (χ2v) is 10.8. The molecule has 1 aliphatic carbocycles. The number of anilines is 1. The number of carbonyl (C=O) groups excluding carboxylic acids is 1. The lowest BCUT2D eigenvalue weighted by Crippen LogP contribution is -2.47. The summed E-state index contributed by atoms with van der Waals surface area (Å²) in [5.41, 5.74) is 0.103. The van der Waals surface area contributed by atoms with E-state index in [-0.39, 0.29) is 28.3 Å². The van der Waals surface area contributed by atoms with Crippen LogP contribution in [0, 0.1) is 0 Å². The van der Waals surface area contributed by atoms with Crippen molar-refractivity contribution < 1.29 is 14.7 Å². The van der Waals surface area contributed by atoms with Gasteiger partial charge in [0.05, 0.1) is 27.7 Å². The zero-order chi connectivity index (χ0) is 26.9. The highest BCUT2D eigenvalue weighted by atomic mass is 35.5. The van der Waals surface area contributed by atoms with Crippen molar-refractivity contribution in [3.8, 4) is 5.69 Å². The van der Waals surface area contributed by atoms with Crippen molar-refractivity contribution in [3.63, 3.8) is 0 Å². The quantitative estimate of drug-likeness (QED) is 0.381. The molecule has 0 spiro atoms. The SMILES string of the molecule is C[C@@H](c1nc2cccc(Cl)c2c(=O)n1-c1cccc(NC(=O)NC2CCCC2)c1)N(C(=O)O)C(C)(C)C. The number of amides is 3. The van der Waals surface area contributed by atoms with Gasteiger partial charge in [-0.05, 0) is 70.9 Å². The molecule has 0 unspecified atom stereocenters. The van der Waals surface area contributed by atoms with Crippen LogP contribution in [0.25, 0.3) is 16.6 Å². The van der Waals surface area contributed by atoms with Crippen molar-refractivity contribution in [1.82, 2.24) is 19.8 Å². The molecule has 196 valence electrons. The van der Waals surface area contributed by atoms with Crippen LogP contribution in [-0.4, -0.2) is 43.3 Å². The predicted octanol–water partition coefficient (Wildman–Crippen LogP) is 5.94. The molecular weight excluding hydrogens is 494 g/mol. The molecule has 3 N–H and O–H groups in total. The molecule has 1 aromatic heterocycles. The minimum atomic E-state index is -1.13. The van der Waals surface area contributed by atoms with Crippen LogP contribution in [0.15, 0.2) is 47.3 Å². The van der Waals surface area contributed by atoms with E-state index in [1.807, 2.05) is 0 Å². The van der Waals surface area contributed by atoms with E-state index in [4.69, 9.17) is 16.6 Å². The number of fused-ring (bicyclic) bond motifs is 1. The third-order valence-electron chi connectivity index (χ3n) is 6.62. The van der Waals surface area contributed by atoms with E-state index in [2.05, 4.69) is 10.6 Å². The summed E-state index contributed by atoms with van der Waals surface area (Å²) < 4.78 is 1.38. The molecule has 1 atom stereocenters. The summed E-state index contributed by atoms with van der Waals surface area (Å²) in [6, 6.07) is 10.9. The maximum atomic E-state index is 13.9. The number of halogens is 1. The Morgan fingerprint density at radius 3 is 2.49 bits per heavy atom. The minimum absolute atomic E-state index is 0.157. The first-order valence-corrected chi connectivity index (χ1v) is 12.8. The summed E-state index contributed by atoms with van der Waals surface area (Å²) >= 11 is 6.40. The number of benzene rings is 2. The summed E-state index contributed by atoms with van der Waals surface area (Å²) in [5, 5.41) is 16.3. The first kappa shape index (κ1) is 26.5. The number of carbonyl (C=O) groups is 2. The van der Waals surface area contributed by atoms with Gasteiger partial charge >= 0.3 is 12.1 Å². The highest BCUT2D eigenvalue weighted by Gasteiger charge is 2.34. The Morgan fingerprint density at radius 2 is 1.84 bits per heavy atom. The van der Waals surface area contributed by atoms with Gasteiger partial charge in [-0.25, -0.2) is 14.6 Å². The van der Waals surface area contributed by atoms with Crippen LogP contribution in [-0.2, 0) is 0 Å². The van der Waals surface area contributed by atoms with Gasteiger partial charge in [0.15, 0.2) is 0 Å². The minimum Gasteiger partial charge on any atom is -0.465 e. The Bertz CT molecular complexity index is 1390. The molecule has 0 aliphatic heterocycles. The molecule has 4 rings (SSSR count). The molecule has 0 saturated heterocycles. The monoisotopic (exact) mass is 525 g/mol. The Balaban J connectivity index is 1.83. The summed E-state index contributed by atoms with van der Waals surface area (Å²) in [5.74, 6) is 0.240. The standard InChI is InChI=1S/C27H32ClN5O4/c1-16(33(26(36)37)27(2,3)4)23-31-21-14-8-13-20(28)22(21)24(34)32(23)19-12-7-11-18(15-19)30-25(35)29-17-9-5-6-10-17/h7-8,11-17H,5-6,9-10H2,1-4H3,(H,36,37)(H2,29,30,35)/t16-/m0/s1. The Morgan fingerprint density at radius 1 is 1.16 bits per heavy atom. The van der Waals surface area contributed by atoms with Crippen LogP contribution >= 0.6 is 11.6 Å². The molecule has 1 saturated carbocycles. The van der Waals surface area contributed by atoms with Crippen LogP contribution in [0.4, 0.5) is 15.3 Å². The Kier molecular flexibility index (Phi) is 7.45. The first-order valence-electron chi connectivity index (χ1n) is 12.4. The lowest BCUT2D eigenvalue weighted by molar-refractivity contribution is 0.0719. The van der Waals surface area contributed by atoms with Gasteiger partial charge in [0.25, 0.3) is 5.56 Å². The second-order valence-electron chi connectivity index (χ2n) is 10.4. The maximum absolute atomic E-state index is 13.9. The van der Waals surface area contributed by atoms with Gasteiger partial charge in [0, 0.05) is 17.3 Å². The molecule has 0 radical (unpaired) electrons. The van der Waals surface area contributed by atoms with Crippen LogP contribution in [0.2, 0.25) is 5.02 Å². The number of carboxylic acid groups (broad SMARTS) is 1. The van der Waals surface area contributed by atoms with E-state index in [9.17, 15) is 19.5 Å². The van der Waals surface area contributed by atoms with Gasteiger partial charge in [0.2, 0.25) is 0 Å². The Labute approximate surface area is 220 Å². The molecule has 0 bridgehead atoms. The van der Waals surface area contributed by atoms with Gasteiger partial charge < -0.3 is 15.7 Å². The molecule has 37 heavy (non-hydrogen) atoms. The van der Waals surface area contributed by atoms with E-state index in [1.54, 1.807) is 70.2 Å². The topological polar surface area (TPSA) is 117 Å². The maximum Gasteiger partial charge on any atom is 0.408 e. The normalized spacial score (nSPS) is 14.9. The molecule has 1 aliphatic rings. The predicted molar refractivity (Wildman–Crippen MR) is 145 cm³/mol. The highest BCUT2D eigenvalue weighted by molar-refractivity contribution is 6.35. The van der Waals surface area contributed by atoms with E-state index in [0.29, 0.717) is 16.9 Å². The number of nitrogens with one attached hydrogen (secondary N) is 2. The highest BCUT2D eigenvalue weighted by Crippen LogP contribution is 2.30. The smallest absolute Gasteiger partial charge is 0.408 e. The lowest BCUT2D eigenvalue weighted by Gasteiger charge is -2.38.